The van der Waals surface area contributed by atoms with Gasteiger partial charge in [0.2, 0.25) is 0 Å². The number of carbonyl (C=O) groups is 1. The summed E-state index contributed by atoms with van der Waals surface area (Å²) in [4.78, 5) is 14.7. The van der Waals surface area contributed by atoms with Gasteiger partial charge in [-0.1, -0.05) is 12.8 Å². The van der Waals surface area contributed by atoms with E-state index in [2.05, 4.69) is 4.98 Å². The number of nitrogens with zero attached hydrogens (tertiary/aromatic N) is 1. The van der Waals surface area contributed by atoms with Gasteiger partial charge in [-0.3, -0.25) is 9.19 Å². The molecular formula is C12H15NO3S. The molecule has 0 aromatic carbocycles. The summed E-state index contributed by atoms with van der Waals surface area (Å²) in [6.07, 6.45) is 5.74. The number of pyridine rings is 1. The number of hydrogen-bond acceptors (Lipinski definition) is 3. The molecule has 1 aromatic rings. The lowest BCUT2D eigenvalue weighted by Gasteiger charge is -2.08. The zero-order valence-electron chi connectivity index (χ0n) is 9.46. The lowest BCUT2D eigenvalue weighted by atomic mass is 10.2. The molecule has 0 amide bonds. The highest BCUT2D eigenvalue weighted by Crippen LogP contribution is 2.24. The minimum atomic E-state index is -0.985. The molecule has 1 atom stereocenters. The van der Waals surface area contributed by atoms with Gasteiger partial charge in [0.25, 0.3) is 0 Å². The van der Waals surface area contributed by atoms with E-state index in [-0.39, 0.29) is 5.56 Å². The molecule has 1 saturated carbocycles. The van der Waals surface area contributed by atoms with Gasteiger partial charge in [0.05, 0.1) is 17.0 Å². The van der Waals surface area contributed by atoms with Gasteiger partial charge in [-0.05, 0) is 25.0 Å². The summed E-state index contributed by atoms with van der Waals surface area (Å²) in [6.45, 7) is 0. The van der Waals surface area contributed by atoms with Crippen molar-refractivity contribution in [3.63, 3.8) is 0 Å². The lowest BCUT2D eigenvalue weighted by molar-refractivity contribution is 0.0696. The Morgan fingerprint density at radius 1 is 1.41 bits per heavy atom. The fraction of sp³-hybridized carbons (Fsp3) is 0.500. The van der Waals surface area contributed by atoms with E-state index < -0.39 is 16.8 Å². The van der Waals surface area contributed by atoms with Crippen molar-refractivity contribution in [3.05, 3.63) is 29.6 Å². The molecule has 0 aliphatic heterocycles. The SMILES string of the molecule is O=C(O)c1ccc(CS(=O)C2CCCC2)nc1. The van der Waals surface area contributed by atoms with Crippen molar-refractivity contribution in [3.8, 4) is 0 Å². The van der Waals surface area contributed by atoms with Crippen molar-refractivity contribution < 1.29 is 14.1 Å². The number of carboxylic acid groups (broad SMARTS) is 1. The quantitative estimate of drug-likeness (QED) is 0.890. The number of aromatic carboxylic acids is 1. The maximum atomic E-state index is 12.0. The number of hydrogen-bond donors (Lipinski definition) is 1. The normalized spacial score (nSPS) is 18.1. The van der Waals surface area contributed by atoms with E-state index >= 15 is 0 Å². The first-order chi connectivity index (χ1) is 8.16. The number of carboxylic acids is 1. The molecule has 1 heterocycles. The molecule has 0 spiro atoms. The molecule has 1 aliphatic carbocycles. The van der Waals surface area contributed by atoms with E-state index in [1.54, 1.807) is 6.07 Å². The summed E-state index contributed by atoms with van der Waals surface area (Å²) >= 11 is 0. The second kappa shape index (κ2) is 5.40. The third-order valence-electron chi connectivity index (χ3n) is 3.04. The third-order valence-corrected chi connectivity index (χ3v) is 4.83. The summed E-state index contributed by atoms with van der Waals surface area (Å²) in [5.41, 5.74) is 0.876. The van der Waals surface area contributed by atoms with Gasteiger partial charge in [0.1, 0.15) is 0 Å². The molecule has 1 aromatic heterocycles. The van der Waals surface area contributed by atoms with Crippen LogP contribution in [0.15, 0.2) is 18.3 Å². The summed E-state index contributed by atoms with van der Waals surface area (Å²) in [5.74, 6) is -0.550. The Morgan fingerprint density at radius 3 is 2.65 bits per heavy atom. The van der Waals surface area contributed by atoms with Gasteiger partial charge >= 0.3 is 5.97 Å². The van der Waals surface area contributed by atoms with Gasteiger partial charge < -0.3 is 5.11 Å². The number of rotatable bonds is 4. The van der Waals surface area contributed by atoms with Crippen molar-refractivity contribution in [1.29, 1.82) is 0 Å². The third kappa shape index (κ3) is 3.12. The Labute approximate surface area is 103 Å². The largest absolute Gasteiger partial charge is 0.478 e. The molecular weight excluding hydrogens is 238 g/mol. The van der Waals surface area contributed by atoms with Gasteiger partial charge in [0, 0.05) is 22.2 Å². The Balaban J connectivity index is 1.98. The molecule has 92 valence electrons. The maximum Gasteiger partial charge on any atom is 0.337 e. The zero-order valence-corrected chi connectivity index (χ0v) is 10.3. The summed E-state index contributed by atoms with van der Waals surface area (Å²) < 4.78 is 12.0. The highest BCUT2D eigenvalue weighted by molar-refractivity contribution is 7.84. The number of aromatic nitrogens is 1. The summed E-state index contributed by atoms with van der Waals surface area (Å²) in [5, 5.41) is 9.03. The Bertz CT molecular complexity index is 424. The van der Waals surface area contributed by atoms with Crippen LogP contribution in [0.3, 0.4) is 0 Å². The molecule has 1 unspecified atom stereocenters. The van der Waals surface area contributed by atoms with Gasteiger partial charge in [-0.2, -0.15) is 0 Å². The van der Waals surface area contributed by atoms with E-state index in [1.165, 1.54) is 25.1 Å². The van der Waals surface area contributed by atoms with Crippen molar-refractivity contribution >= 4 is 16.8 Å². The van der Waals surface area contributed by atoms with Crippen LogP contribution in [0.4, 0.5) is 0 Å². The van der Waals surface area contributed by atoms with Gasteiger partial charge in [-0.15, -0.1) is 0 Å². The molecule has 0 saturated heterocycles. The second-order valence-corrected chi connectivity index (χ2v) is 5.99. The minimum absolute atomic E-state index is 0.167. The van der Waals surface area contributed by atoms with Crippen LogP contribution in [0.25, 0.3) is 0 Å². The molecule has 1 N–H and O–H groups in total. The fourth-order valence-electron chi connectivity index (χ4n) is 2.05. The van der Waals surface area contributed by atoms with Crippen LogP contribution in [0.1, 0.15) is 41.7 Å². The maximum absolute atomic E-state index is 12.0. The minimum Gasteiger partial charge on any atom is -0.478 e. The van der Waals surface area contributed by atoms with E-state index in [1.807, 2.05) is 0 Å². The molecule has 17 heavy (non-hydrogen) atoms. The highest BCUT2D eigenvalue weighted by atomic mass is 32.2. The molecule has 0 radical (unpaired) electrons. The van der Waals surface area contributed by atoms with Crippen LogP contribution >= 0.6 is 0 Å². The first-order valence-electron chi connectivity index (χ1n) is 5.72. The van der Waals surface area contributed by atoms with Gasteiger partial charge in [0.15, 0.2) is 0 Å². The van der Waals surface area contributed by atoms with Crippen LogP contribution in [-0.4, -0.2) is 25.5 Å². The smallest absolute Gasteiger partial charge is 0.337 e. The monoisotopic (exact) mass is 253 g/mol. The molecule has 2 rings (SSSR count). The first-order valence-corrected chi connectivity index (χ1v) is 7.10. The average Bonchev–Trinajstić information content (AvgIpc) is 2.83. The first kappa shape index (κ1) is 12.2. The van der Waals surface area contributed by atoms with Crippen LogP contribution in [0, 0.1) is 0 Å². The zero-order chi connectivity index (χ0) is 12.3. The second-order valence-electron chi connectivity index (χ2n) is 4.27. The fourth-order valence-corrected chi connectivity index (χ4v) is 3.61. The van der Waals surface area contributed by atoms with E-state index in [9.17, 15) is 9.00 Å². The average molecular weight is 253 g/mol. The van der Waals surface area contributed by atoms with E-state index in [0.29, 0.717) is 16.7 Å². The van der Waals surface area contributed by atoms with Crippen molar-refractivity contribution in [1.82, 2.24) is 4.98 Å². The standard InChI is InChI=1S/C12H15NO3S/c14-12(15)9-5-6-10(13-7-9)8-17(16)11-3-1-2-4-11/h5-7,11H,1-4,8H2,(H,14,15). The summed E-state index contributed by atoms with van der Waals surface area (Å²) in [6, 6.07) is 3.16. The van der Waals surface area contributed by atoms with Crippen LogP contribution in [0.2, 0.25) is 0 Å². The predicted molar refractivity (Wildman–Crippen MR) is 65.3 cm³/mol. The molecule has 1 aliphatic rings. The molecule has 0 bridgehead atoms. The van der Waals surface area contributed by atoms with Crippen molar-refractivity contribution in [2.24, 2.45) is 0 Å². The van der Waals surface area contributed by atoms with E-state index in [0.717, 1.165) is 12.8 Å². The van der Waals surface area contributed by atoms with Crippen molar-refractivity contribution in [2.75, 3.05) is 0 Å². The van der Waals surface area contributed by atoms with Crippen LogP contribution in [0.5, 0.6) is 0 Å². The van der Waals surface area contributed by atoms with Crippen LogP contribution < -0.4 is 0 Å². The molecule has 1 fully saturated rings. The molecule has 4 nitrogen and oxygen atoms in total. The van der Waals surface area contributed by atoms with Crippen LogP contribution in [-0.2, 0) is 16.6 Å². The van der Waals surface area contributed by atoms with Gasteiger partial charge in [-0.25, -0.2) is 4.79 Å². The predicted octanol–water partition coefficient (Wildman–Crippen LogP) is 1.97. The van der Waals surface area contributed by atoms with E-state index in [4.69, 9.17) is 5.11 Å². The topological polar surface area (TPSA) is 67.3 Å². The lowest BCUT2D eigenvalue weighted by Crippen LogP contribution is -2.13. The highest BCUT2D eigenvalue weighted by Gasteiger charge is 2.21. The Hall–Kier alpha value is -1.23. The Kier molecular flexibility index (Phi) is 3.89. The Morgan fingerprint density at radius 2 is 2.12 bits per heavy atom. The summed E-state index contributed by atoms with van der Waals surface area (Å²) in [7, 11) is -0.874. The molecule has 5 heteroatoms. The van der Waals surface area contributed by atoms with Crippen molar-refractivity contribution in [2.45, 2.75) is 36.7 Å².